The van der Waals surface area contributed by atoms with Gasteiger partial charge >= 0.3 is 0 Å². The zero-order valence-electron chi connectivity index (χ0n) is 17.9. The SMILES string of the molecule is C[C@@H]1CO[C@@]23CCCC[C@@H]2n2cc(C(=O)NCc4ccc(F)cc4F)c(=O)c(O)c2C(=O)N13. The van der Waals surface area contributed by atoms with E-state index in [9.17, 15) is 28.3 Å². The van der Waals surface area contributed by atoms with Crippen LogP contribution in [0.3, 0.4) is 0 Å². The van der Waals surface area contributed by atoms with Crippen LogP contribution in [-0.2, 0) is 11.3 Å². The Balaban J connectivity index is 1.53. The van der Waals surface area contributed by atoms with Crippen LogP contribution < -0.4 is 10.7 Å². The fourth-order valence-corrected chi connectivity index (χ4v) is 5.36. The number of rotatable bonds is 3. The number of benzene rings is 1. The van der Waals surface area contributed by atoms with E-state index in [0.717, 1.165) is 18.9 Å². The molecule has 1 saturated heterocycles. The summed E-state index contributed by atoms with van der Waals surface area (Å²) in [4.78, 5) is 40.6. The van der Waals surface area contributed by atoms with Crippen molar-refractivity contribution in [2.45, 2.75) is 57.0 Å². The molecule has 2 aromatic rings. The first kappa shape index (κ1) is 21.6. The van der Waals surface area contributed by atoms with Crippen LogP contribution in [0, 0.1) is 11.6 Å². The number of aromatic nitrogens is 1. The van der Waals surface area contributed by atoms with Gasteiger partial charge in [0.25, 0.3) is 11.8 Å². The van der Waals surface area contributed by atoms with Crippen molar-refractivity contribution in [3.05, 3.63) is 63.1 Å². The average Bonchev–Trinajstić information content (AvgIpc) is 3.11. The predicted octanol–water partition coefficient (Wildman–Crippen LogP) is 2.45. The largest absolute Gasteiger partial charge is 0.503 e. The lowest BCUT2D eigenvalue weighted by Crippen LogP contribution is -2.61. The van der Waals surface area contributed by atoms with Crippen molar-refractivity contribution >= 4 is 11.8 Å². The van der Waals surface area contributed by atoms with Gasteiger partial charge in [-0.2, -0.15) is 0 Å². The zero-order valence-corrected chi connectivity index (χ0v) is 17.9. The highest BCUT2D eigenvalue weighted by Crippen LogP contribution is 2.51. The molecule has 10 heteroatoms. The van der Waals surface area contributed by atoms with E-state index in [0.29, 0.717) is 25.5 Å². The topological polar surface area (TPSA) is 101 Å². The Hall–Kier alpha value is -3.27. The molecule has 33 heavy (non-hydrogen) atoms. The van der Waals surface area contributed by atoms with Crippen molar-refractivity contribution in [2.24, 2.45) is 0 Å². The number of hydrogen-bond acceptors (Lipinski definition) is 5. The summed E-state index contributed by atoms with van der Waals surface area (Å²) in [6, 6.07) is 2.38. The molecule has 5 rings (SSSR count). The molecule has 1 aromatic heterocycles. The third-order valence-corrected chi connectivity index (χ3v) is 6.87. The Bertz CT molecular complexity index is 1230. The molecule has 2 N–H and O–H groups in total. The van der Waals surface area contributed by atoms with Crippen LogP contribution in [0.25, 0.3) is 0 Å². The van der Waals surface area contributed by atoms with Gasteiger partial charge in [-0.05, 0) is 32.3 Å². The predicted molar refractivity (Wildman–Crippen MR) is 112 cm³/mol. The molecule has 2 fully saturated rings. The normalized spacial score (nSPS) is 25.9. The second-order valence-electron chi connectivity index (χ2n) is 8.84. The number of hydrogen-bond donors (Lipinski definition) is 2. The van der Waals surface area contributed by atoms with E-state index >= 15 is 0 Å². The first-order valence-electron chi connectivity index (χ1n) is 10.9. The van der Waals surface area contributed by atoms with Crippen LogP contribution in [0.4, 0.5) is 8.78 Å². The van der Waals surface area contributed by atoms with Gasteiger partial charge in [0.2, 0.25) is 5.43 Å². The molecule has 1 aliphatic carbocycles. The number of halogens is 2. The molecule has 1 aromatic carbocycles. The first-order chi connectivity index (χ1) is 15.7. The number of fused-ring (bicyclic) bond motifs is 2. The number of amides is 2. The molecule has 1 spiro atoms. The number of nitrogens with one attached hydrogen (secondary N) is 1. The Labute approximate surface area is 187 Å². The smallest absolute Gasteiger partial charge is 0.277 e. The summed E-state index contributed by atoms with van der Waals surface area (Å²) in [5, 5.41) is 13.1. The minimum atomic E-state index is -0.984. The van der Waals surface area contributed by atoms with Gasteiger partial charge in [0.15, 0.2) is 17.2 Å². The molecule has 3 aliphatic rings. The van der Waals surface area contributed by atoms with Crippen LogP contribution in [0.15, 0.2) is 29.2 Å². The minimum Gasteiger partial charge on any atom is -0.503 e. The standard InChI is InChI=1S/C23H23F2N3O5/c1-12-11-33-23-7-3-2-4-17(23)27-10-15(19(29)20(30)18(27)22(32)28(12)23)21(31)26-9-13-5-6-14(24)8-16(13)25/h5-6,8,10,12,17,30H,2-4,7,9,11H2,1H3,(H,26,31)/t12-,17+,23+/m1/s1. The number of ether oxygens (including phenoxy) is 1. The van der Waals surface area contributed by atoms with Gasteiger partial charge in [-0.15, -0.1) is 0 Å². The third kappa shape index (κ3) is 3.15. The molecule has 3 heterocycles. The summed E-state index contributed by atoms with van der Waals surface area (Å²) in [5.74, 6) is -3.71. The van der Waals surface area contributed by atoms with Gasteiger partial charge in [-0.3, -0.25) is 14.4 Å². The number of aromatic hydroxyl groups is 1. The second kappa shape index (κ2) is 7.65. The van der Waals surface area contributed by atoms with Crippen molar-refractivity contribution in [1.29, 1.82) is 0 Å². The van der Waals surface area contributed by atoms with E-state index in [1.54, 1.807) is 4.90 Å². The van der Waals surface area contributed by atoms with Crippen LogP contribution in [0.2, 0.25) is 0 Å². The summed E-state index contributed by atoms with van der Waals surface area (Å²) in [6.07, 6.45) is 4.28. The quantitative estimate of drug-likeness (QED) is 0.735. The summed E-state index contributed by atoms with van der Waals surface area (Å²) < 4.78 is 34.7. The lowest BCUT2D eigenvalue weighted by molar-refractivity contribution is -0.135. The highest BCUT2D eigenvalue weighted by atomic mass is 19.1. The van der Waals surface area contributed by atoms with Crippen molar-refractivity contribution < 1.29 is 28.2 Å². The van der Waals surface area contributed by atoms with Crippen LogP contribution >= 0.6 is 0 Å². The van der Waals surface area contributed by atoms with Crippen LogP contribution in [0.1, 0.15) is 65.1 Å². The summed E-state index contributed by atoms with van der Waals surface area (Å²) in [6.45, 7) is 1.92. The van der Waals surface area contributed by atoms with E-state index in [2.05, 4.69) is 5.32 Å². The monoisotopic (exact) mass is 459 g/mol. The molecule has 174 valence electrons. The van der Waals surface area contributed by atoms with Crippen molar-refractivity contribution in [2.75, 3.05) is 6.61 Å². The van der Waals surface area contributed by atoms with E-state index in [1.807, 2.05) is 6.92 Å². The summed E-state index contributed by atoms with van der Waals surface area (Å²) in [5.41, 5.74) is -2.35. The molecule has 3 atom stereocenters. The molecule has 2 aliphatic heterocycles. The van der Waals surface area contributed by atoms with Crippen molar-refractivity contribution in [3.8, 4) is 5.75 Å². The van der Waals surface area contributed by atoms with Gasteiger partial charge in [-0.1, -0.05) is 12.5 Å². The van der Waals surface area contributed by atoms with Gasteiger partial charge in [0.05, 0.1) is 18.7 Å². The fourth-order valence-electron chi connectivity index (χ4n) is 5.36. The Morgan fingerprint density at radius 1 is 1.30 bits per heavy atom. The second-order valence-corrected chi connectivity index (χ2v) is 8.84. The fraction of sp³-hybridized carbons (Fsp3) is 0.435. The van der Waals surface area contributed by atoms with Crippen molar-refractivity contribution in [1.82, 2.24) is 14.8 Å². The summed E-state index contributed by atoms with van der Waals surface area (Å²) in [7, 11) is 0. The lowest BCUT2D eigenvalue weighted by atomic mass is 9.82. The maximum Gasteiger partial charge on any atom is 0.277 e. The Morgan fingerprint density at radius 3 is 2.85 bits per heavy atom. The minimum absolute atomic E-state index is 0.0393. The van der Waals surface area contributed by atoms with Crippen LogP contribution in [0.5, 0.6) is 5.75 Å². The number of carbonyl (C=O) groups excluding carboxylic acids is 2. The highest BCUT2D eigenvalue weighted by Gasteiger charge is 2.59. The van der Waals surface area contributed by atoms with Gasteiger partial charge in [0.1, 0.15) is 17.2 Å². The van der Waals surface area contributed by atoms with Crippen LogP contribution in [-0.4, -0.2) is 44.8 Å². The van der Waals surface area contributed by atoms with E-state index in [4.69, 9.17) is 4.74 Å². The molecular formula is C23H23F2N3O5. The van der Waals surface area contributed by atoms with E-state index in [1.165, 1.54) is 16.8 Å². The van der Waals surface area contributed by atoms with Gasteiger partial charge in [0, 0.05) is 24.4 Å². The Morgan fingerprint density at radius 2 is 2.09 bits per heavy atom. The zero-order chi connectivity index (χ0) is 23.5. The Kier molecular flexibility index (Phi) is 5.00. The molecule has 8 nitrogen and oxygen atoms in total. The molecular weight excluding hydrogens is 436 g/mol. The summed E-state index contributed by atoms with van der Waals surface area (Å²) >= 11 is 0. The molecule has 0 radical (unpaired) electrons. The highest BCUT2D eigenvalue weighted by molar-refractivity contribution is 5.99. The number of nitrogens with zero attached hydrogens (tertiary/aromatic N) is 2. The molecule has 0 bridgehead atoms. The molecule has 0 unspecified atom stereocenters. The third-order valence-electron chi connectivity index (χ3n) is 6.87. The number of pyridine rings is 1. The first-order valence-corrected chi connectivity index (χ1v) is 10.9. The average molecular weight is 459 g/mol. The van der Waals surface area contributed by atoms with Crippen molar-refractivity contribution in [3.63, 3.8) is 0 Å². The maximum absolute atomic E-state index is 13.9. The molecule has 2 amide bonds. The lowest BCUT2D eigenvalue weighted by Gasteiger charge is -2.51. The van der Waals surface area contributed by atoms with E-state index in [-0.39, 0.29) is 35.4 Å². The van der Waals surface area contributed by atoms with Gasteiger partial charge in [-0.25, -0.2) is 8.78 Å². The van der Waals surface area contributed by atoms with Gasteiger partial charge < -0.3 is 24.6 Å². The molecule has 1 saturated carbocycles. The number of carbonyl (C=O) groups is 2. The van der Waals surface area contributed by atoms with E-state index < -0.39 is 40.4 Å². The maximum atomic E-state index is 13.9.